The van der Waals surface area contributed by atoms with Crippen LogP contribution in [-0.2, 0) is 17.1 Å². The highest BCUT2D eigenvalue weighted by atomic mass is 32.2. The lowest BCUT2D eigenvalue weighted by Gasteiger charge is -2.13. The van der Waals surface area contributed by atoms with E-state index in [9.17, 15) is 8.42 Å². The van der Waals surface area contributed by atoms with E-state index in [0.717, 1.165) is 5.56 Å². The fraction of sp³-hybridized carbons (Fsp3) is 0.308. The van der Waals surface area contributed by atoms with Gasteiger partial charge in [-0.05, 0) is 11.5 Å². The van der Waals surface area contributed by atoms with E-state index in [1.54, 1.807) is 19.3 Å². The molecule has 5 nitrogen and oxygen atoms in total. The van der Waals surface area contributed by atoms with Crippen LogP contribution in [0.5, 0.6) is 0 Å². The SMILES string of the molecule is C[C@H](CS(=O)(=O)Nc1ccnn1C)c1ccccc1. The average Bonchev–Trinajstić information content (AvgIpc) is 2.75. The molecule has 1 aromatic carbocycles. The Morgan fingerprint density at radius 2 is 1.95 bits per heavy atom. The largest absolute Gasteiger partial charge is 0.268 e. The number of hydrogen-bond donors (Lipinski definition) is 1. The monoisotopic (exact) mass is 279 g/mol. The summed E-state index contributed by atoms with van der Waals surface area (Å²) in [5.41, 5.74) is 1.01. The van der Waals surface area contributed by atoms with Gasteiger partial charge in [0.15, 0.2) is 0 Å². The first-order valence-corrected chi connectivity index (χ1v) is 7.66. The van der Waals surface area contributed by atoms with Crippen LogP contribution in [0.4, 0.5) is 5.82 Å². The van der Waals surface area contributed by atoms with Gasteiger partial charge < -0.3 is 0 Å². The van der Waals surface area contributed by atoms with Crippen LogP contribution in [0.25, 0.3) is 0 Å². The molecule has 2 aromatic rings. The van der Waals surface area contributed by atoms with Gasteiger partial charge in [0.1, 0.15) is 5.82 Å². The molecule has 0 aliphatic rings. The summed E-state index contributed by atoms with van der Waals surface area (Å²) in [4.78, 5) is 0. The third kappa shape index (κ3) is 3.57. The van der Waals surface area contributed by atoms with Crippen molar-refractivity contribution in [3.05, 3.63) is 48.2 Å². The first-order valence-electron chi connectivity index (χ1n) is 6.01. The molecule has 6 heteroatoms. The highest BCUT2D eigenvalue weighted by Crippen LogP contribution is 2.18. The number of rotatable bonds is 5. The maximum absolute atomic E-state index is 12.1. The average molecular weight is 279 g/mol. The van der Waals surface area contributed by atoms with Crippen molar-refractivity contribution in [2.45, 2.75) is 12.8 Å². The van der Waals surface area contributed by atoms with E-state index in [1.807, 2.05) is 37.3 Å². The number of aryl methyl sites for hydroxylation is 1. The van der Waals surface area contributed by atoms with Crippen molar-refractivity contribution in [2.75, 3.05) is 10.5 Å². The maximum Gasteiger partial charge on any atom is 0.234 e. The lowest BCUT2D eigenvalue weighted by molar-refractivity contribution is 0.595. The third-order valence-electron chi connectivity index (χ3n) is 2.92. The van der Waals surface area contributed by atoms with Crippen LogP contribution in [-0.4, -0.2) is 24.0 Å². The fourth-order valence-corrected chi connectivity index (χ4v) is 3.33. The lowest BCUT2D eigenvalue weighted by Crippen LogP contribution is -2.21. The van der Waals surface area contributed by atoms with Crippen LogP contribution >= 0.6 is 0 Å². The van der Waals surface area contributed by atoms with Gasteiger partial charge in [0.05, 0.1) is 11.9 Å². The van der Waals surface area contributed by atoms with Crippen molar-refractivity contribution in [1.82, 2.24) is 9.78 Å². The van der Waals surface area contributed by atoms with Crippen LogP contribution < -0.4 is 4.72 Å². The summed E-state index contributed by atoms with van der Waals surface area (Å²) in [5.74, 6) is 0.453. The van der Waals surface area contributed by atoms with Gasteiger partial charge in [-0.25, -0.2) is 8.42 Å². The normalized spacial score (nSPS) is 13.2. The first kappa shape index (κ1) is 13.6. The van der Waals surface area contributed by atoms with Crippen LogP contribution in [0.15, 0.2) is 42.6 Å². The summed E-state index contributed by atoms with van der Waals surface area (Å²) in [6.45, 7) is 1.90. The van der Waals surface area contributed by atoms with Gasteiger partial charge in [-0.3, -0.25) is 9.40 Å². The molecular weight excluding hydrogens is 262 g/mol. The van der Waals surface area contributed by atoms with E-state index in [4.69, 9.17) is 0 Å². The second-order valence-electron chi connectivity index (χ2n) is 4.54. The molecule has 0 bridgehead atoms. The van der Waals surface area contributed by atoms with Crippen LogP contribution in [0.1, 0.15) is 18.4 Å². The molecule has 19 heavy (non-hydrogen) atoms. The summed E-state index contributed by atoms with van der Waals surface area (Å²) in [5, 5.41) is 3.93. The molecule has 1 atom stereocenters. The summed E-state index contributed by atoms with van der Waals surface area (Å²) in [6, 6.07) is 11.2. The Bertz CT molecular complexity index is 635. The number of sulfonamides is 1. The highest BCUT2D eigenvalue weighted by molar-refractivity contribution is 7.92. The Kier molecular flexibility index (Phi) is 3.90. The molecule has 0 aliphatic carbocycles. The Balaban J connectivity index is 2.08. The van der Waals surface area contributed by atoms with Gasteiger partial charge >= 0.3 is 0 Å². The molecule has 0 spiro atoms. The van der Waals surface area contributed by atoms with Crippen molar-refractivity contribution in [3.63, 3.8) is 0 Å². The number of nitrogens with zero attached hydrogens (tertiary/aromatic N) is 2. The minimum Gasteiger partial charge on any atom is -0.268 e. The van der Waals surface area contributed by atoms with Crippen molar-refractivity contribution in [1.29, 1.82) is 0 Å². The summed E-state index contributed by atoms with van der Waals surface area (Å²) < 4.78 is 28.2. The molecule has 1 aromatic heterocycles. The van der Waals surface area contributed by atoms with Crippen LogP contribution in [0, 0.1) is 0 Å². The molecule has 0 fully saturated rings. The Labute approximate surface area is 113 Å². The molecular formula is C13H17N3O2S. The van der Waals surface area contributed by atoms with Gasteiger partial charge in [0, 0.05) is 13.1 Å². The molecule has 0 unspecified atom stereocenters. The van der Waals surface area contributed by atoms with E-state index < -0.39 is 10.0 Å². The summed E-state index contributed by atoms with van der Waals surface area (Å²) >= 11 is 0. The van der Waals surface area contributed by atoms with Gasteiger partial charge in [-0.15, -0.1) is 0 Å². The topological polar surface area (TPSA) is 64.0 Å². The van der Waals surface area contributed by atoms with Crippen LogP contribution in [0.3, 0.4) is 0 Å². The third-order valence-corrected chi connectivity index (χ3v) is 4.38. The van der Waals surface area contributed by atoms with Crippen molar-refractivity contribution in [2.24, 2.45) is 7.05 Å². The van der Waals surface area contributed by atoms with E-state index in [-0.39, 0.29) is 11.7 Å². The first-order chi connectivity index (χ1) is 8.98. The molecule has 2 rings (SSSR count). The second-order valence-corrected chi connectivity index (χ2v) is 6.30. The Morgan fingerprint density at radius 1 is 1.26 bits per heavy atom. The summed E-state index contributed by atoms with van der Waals surface area (Å²) in [7, 11) is -1.69. The smallest absolute Gasteiger partial charge is 0.234 e. The number of hydrogen-bond acceptors (Lipinski definition) is 3. The molecule has 0 saturated carbocycles. The molecule has 0 radical (unpaired) electrons. The molecule has 0 aliphatic heterocycles. The molecule has 0 amide bonds. The van der Waals surface area contributed by atoms with E-state index in [2.05, 4.69) is 9.82 Å². The van der Waals surface area contributed by atoms with Crippen LogP contribution in [0.2, 0.25) is 0 Å². The maximum atomic E-state index is 12.1. The van der Waals surface area contributed by atoms with Crippen molar-refractivity contribution < 1.29 is 8.42 Å². The van der Waals surface area contributed by atoms with Crippen molar-refractivity contribution in [3.8, 4) is 0 Å². The Hall–Kier alpha value is -1.82. The number of benzene rings is 1. The van der Waals surface area contributed by atoms with Gasteiger partial charge in [0.25, 0.3) is 0 Å². The highest BCUT2D eigenvalue weighted by Gasteiger charge is 2.18. The number of anilines is 1. The fourth-order valence-electron chi connectivity index (χ4n) is 1.88. The minimum absolute atomic E-state index is 0.0438. The second kappa shape index (κ2) is 5.44. The predicted molar refractivity (Wildman–Crippen MR) is 75.5 cm³/mol. The van der Waals surface area contributed by atoms with Gasteiger partial charge in [-0.2, -0.15) is 5.10 Å². The zero-order valence-corrected chi connectivity index (χ0v) is 11.8. The summed E-state index contributed by atoms with van der Waals surface area (Å²) in [6.07, 6.45) is 1.55. The van der Waals surface area contributed by atoms with Gasteiger partial charge in [-0.1, -0.05) is 37.3 Å². The van der Waals surface area contributed by atoms with E-state index in [0.29, 0.717) is 5.82 Å². The number of nitrogens with one attached hydrogen (secondary N) is 1. The van der Waals surface area contributed by atoms with Gasteiger partial charge in [0.2, 0.25) is 10.0 Å². The minimum atomic E-state index is -3.39. The quantitative estimate of drug-likeness (QED) is 0.910. The van der Waals surface area contributed by atoms with E-state index >= 15 is 0 Å². The Morgan fingerprint density at radius 3 is 2.53 bits per heavy atom. The lowest BCUT2D eigenvalue weighted by atomic mass is 10.0. The molecule has 102 valence electrons. The molecule has 0 saturated heterocycles. The predicted octanol–water partition coefficient (Wildman–Crippen LogP) is 1.97. The zero-order chi connectivity index (χ0) is 13.9. The number of aromatic nitrogens is 2. The molecule has 1 heterocycles. The zero-order valence-electron chi connectivity index (χ0n) is 10.9. The standard InChI is InChI=1S/C13H17N3O2S/c1-11(12-6-4-3-5-7-12)10-19(17,18)15-13-8-9-14-16(13)2/h3-9,11,15H,10H2,1-2H3/t11-/m1/s1. The molecule has 1 N–H and O–H groups in total. The van der Waals surface area contributed by atoms with E-state index in [1.165, 1.54) is 4.68 Å². The van der Waals surface area contributed by atoms with Crippen molar-refractivity contribution >= 4 is 15.8 Å².